The Hall–Kier alpha value is -1.40. The molecule has 0 aliphatic rings. The van der Waals surface area contributed by atoms with Gasteiger partial charge in [0.05, 0.1) is 29.0 Å². The number of aromatic nitrogens is 2. The van der Waals surface area contributed by atoms with Gasteiger partial charge in [0.2, 0.25) is 5.78 Å². The van der Waals surface area contributed by atoms with Crippen LogP contribution < -0.4 is 0 Å². The summed E-state index contributed by atoms with van der Waals surface area (Å²) in [4.78, 5) is 14.3. The van der Waals surface area contributed by atoms with Gasteiger partial charge in [0.1, 0.15) is 12.0 Å². The van der Waals surface area contributed by atoms with Crippen molar-refractivity contribution < 1.29 is 9.21 Å². The van der Waals surface area contributed by atoms with Gasteiger partial charge in [-0.05, 0) is 36.1 Å². The monoisotopic (exact) mass is 311 g/mol. The molecule has 0 N–H and O–H groups in total. The van der Waals surface area contributed by atoms with E-state index >= 15 is 0 Å². The Balaban J connectivity index is 2.26. The molecular formula is C12H14BrN3O2. The van der Waals surface area contributed by atoms with Crippen LogP contribution in [0.1, 0.15) is 16.1 Å². The maximum absolute atomic E-state index is 12.3. The molecule has 96 valence electrons. The minimum atomic E-state index is -0.0909. The molecule has 0 saturated heterocycles. The lowest BCUT2D eigenvalue weighted by atomic mass is 10.1. The molecule has 0 aliphatic carbocycles. The summed E-state index contributed by atoms with van der Waals surface area (Å²) >= 11 is 3.36. The highest BCUT2D eigenvalue weighted by atomic mass is 79.9. The number of carbonyl (C=O) groups excluding carboxylic acids is 1. The van der Waals surface area contributed by atoms with E-state index in [0.717, 1.165) is 6.54 Å². The highest BCUT2D eigenvalue weighted by molar-refractivity contribution is 9.10. The van der Waals surface area contributed by atoms with Crippen LogP contribution in [0.25, 0.3) is 0 Å². The van der Waals surface area contributed by atoms with Gasteiger partial charge in [0, 0.05) is 6.54 Å². The molecule has 0 aromatic carbocycles. The van der Waals surface area contributed by atoms with Gasteiger partial charge in [-0.15, -0.1) is 0 Å². The smallest absolute Gasteiger partial charge is 0.215 e. The number of hydrogen-bond donors (Lipinski definition) is 0. The highest BCUT2D eigenvalue weighted by Crippen LogP contribution is 2.20. The van der Waals surface area contributed by atoms with Crippen molar-refractivity contribution in [3.05, 3.63) is 40.5 Å². The number of likely N-dealkylation sites (N-methyl/N-ethyl adjacent to an activating group) is 1. The topological polar surface area (TPSA) is 51.3 Å². The molecule has 2 rings (SSSR count). The Morgan fingerprint density at radius 3 is 2.94 bits per heavy atom. The highest BCUT2D eigenvalue weighted by Gasteiger charge is 2.19. The fraction of sp³-hybridized carbons (Fsp3) is 0.333. The fourth-order valence-electron chi connectivity index (χ4n) is 1.58. The van der Waals surface area contributed by atoms with Crippen LogP contribution in [0.3, 0.4) is 0 Å². The van der Waals surface area contributed by atoms with Crippen molar-refractivity contribution in [3.8, 4) is 0 Å². The first-order chi connectivity index (χ1) is 8.59. The van der Waals surface area contributed by atoms with Crippen molar-refractivity contribution in [2.45, 2.75) is 6.54 Å². The van der Waals surface area contributed by atoms with Crippen LogP contribution in [0.5, 0.6) is 0 Å². The summed E-state index contributed by atoms with van der Waals surface area (Å²) in [6.45, 7) is 1.48. The molecule has 2 heterocycles. The Morgan fingerprint density at radius 1 is 1.56 bits per heavy atom. The molecule has 0 saturated carbocycles. The molecule has 0 unspecified atom stereocenters. The summed E-state index contributed by atoms with van der Waals surface area (Å²) in [5, 5.41) is 4.21. The largest absolute Gasteiger partial charge is 0.472 e. The zero-order chi connectivity index (χ0) is 13.1. The zero-order valence-electron chi connectivity index (χ0n) is 10.3. The van der Waals surface area contributed by atoms with Crippen LogP contribution in [0.4, 0.5) is 0 Å². The van der Waals surface area contributed by atoms with Crippen molar-refractivity contribution in [3.63, 3.8) is 0 Å². The van der Waals surface area contributed by atoms with E-state index in [1.54, 1.807) is 16.9 Å². The van der Waals surface area contributed by atoms with E-state index in [2.05, 4.69) is 21.0 Å². The Labute approximate surface area is 114 Å². The van der Waals surface area contributed by atoms with Crippen LogP contribution >= 0.6 is 15.9 Å². The van der Waals surface area contributed by atoms with Gasteiger partial charge in [0.15, 0.2) is 0 Å². The first kappa shape index (κ1) is 13.0. The molecule has 0 bridgehead atoms. The van der Waals surface area contributed by atoms with Crippen molar-refractivity contribution >= 4 is 21.7 Å². The summed E-state index contributed by atoms with van der Waals surface area (Å²) in [5.41, 5.74) is 1.08. The summed E-state index contributed by atoms with van der Waals surface area (Å²) in [6, 6.07) is 1.65. The first-order valence-electron chi connectivity index (χ1n) is 5.52. The number of nitrogens with zero attached hydrogens (tertiary/aromatic N) is 3. The van der Waals surface area contributed by atoms with Gasteiger partial charge in [-0.3, -0.25) is 9.48 Å². The fourth-order valence-corrected chi connectivity index (χ4v) is 2.06. The first-order valence-corrected chi connectivity index (χ1v) is 6.32. The number of halogens is 1. The molecule has 2 aromatic heterocycles. The second-order valence-corrected chi connectivity index (χ2v) is 5.06. The van der Waals surface area contributed by atoms with E-state index in [0.29, 0.717) is 22.3 Å². The van der Waals surface area contributed by atoms with E-state index in [1.807, 2.05) is 19.0 Å². The Morgan fingerprint density at radius 2 is 2.33 bits per heavy atom. The minimum Gasteiger partial charge on any atom is -0.472 e. The summed E-state index contributed by atoms with van der Waals surface area (Å²) < 4.78 is 7.35. The second kappa shape index (κ2) is 5.49. The average Bonchev–Trinajstić information content (AvgIpc) is 2.94. The molecule has 5 nitrogen and oxygen atoms in total. The van der Waals surface area contributed by atoms with Crippen LogP contribution in [0.2, 0.25) is 0 Å². The molecule has 2 aromatic rings. The van der Waals surface area contributed by atoms with Crippen LogP contribution in [-0.2, 0) is 6.54 Å². The van der Waals surface area contributed by atoms with E-state index in [-0.39, 0.29) is 5.78 Å². The molecule has 0 fully saturated rings. The van der Waals surface area contributed by atoms with Gasteiger partial charge >= 0.3 is 0 Å². The lowest BCUT2D eigenvalue weighted by Crippen LogP contribution is -2.21. The molecule has 0 aliphatic heterocycles. The van der Waals surface area contributed by atoms with E-state index in [1.165, 1.54) is 12.5 Å². The molecule has 0 atom stereocenters. The lowest BCUT2D eigenvalue weighted by Gasteiger charge is -2.11. The minimum absolute atomic E-state index is 0.0909. The lowest BCUT2D eigenvalue weighted by molar-refractivity contribution is 0.102. The second-order valence-electron chi connectivity index (χ2n) is 4.21. The number of furan rings is 1. The summed E-state index contributed by atoms with van der Waals surface area (Å²) in [5.74, 6) is -0.0909. The zero-order valence-corrected chi connectivity index (χ0v) is 11.8. The van der Waals surface area contributed by atoms with Gasteiger partial charge in [-0.2, -0.15) is 5.10 Å². The third kappa shape index (κ3) is 2.70. The van der Waals surface area contributed by atoms with Crippen molar-refractivity contribution in [1.82, 2.24) is 14.7 Å². The predicted octanol–water partition coefficient (Wildman–Crippen LogP) is 2.03. The number of hydrogen-bond acceptors (Lipinski definition) is 4. The normalized spacial score (nSPS) is 11.1. The molecular weight excluding hydrogens is 298 g/mol. The molecule has 0 amide bonds. The van der Waals surface area contributed by atoms with Crippen molar-refractivity contribution in [2.75, 3.05) is 20.6 Å². The summed E-state index contributed by atoms with van der Waals surface area (Å²) in [7, 11) is 3.96. The number of carbonyl (C=O) groups is 1. The third-order valence-electron chi connectivity index (χ3n) is 2.55. The Bertz CT molecular complexity index is 532. The van der Waals surface area contributed by atoms with Gasteiger partial charge < -0.3 is 9.32 Å². The van der Waals surface area contributed by atoms with Crippen LogP contribution in [0, 0.1) is 0 Å². The maximum Gasteiger partial charge on any atom is 0.215 e. The van der Waals surface area contributed by atoms with Gasteiger partial charge in [0.25, 0.3) is 0 Å². The van der Waals surface area contributed by atoms with Crippen molar-refractivity contribution in [1.29, 1.82) is 0 Å². The van der Waals surface area contributed by atoms with E-state index in [9.17, 15) is 4.79 Å². The van der Waals surface area contributed by atoms with Gasteiger partial charge in [-0.1, -0.05) is 0 Å². The molecule has 0 radical (unpaired) electrons. The number of ketones is 1. The number of rotatable bonds is 5. The van der Waals surface area contributed by atoms with E-state index in [4.69, 9.17) is 4.42 Å². The maximum atomic E-state index is 12.3. The van der Waals surface area contributed by atoms with Gasteiger partial charge in [-0.25, -0.2) is 0 Å². The summed E-state index contributed by atoms with van der Waals surface area (Å²) in [6.07, 6.45) is 4.57. The van der Waals surface area contributed by atoms with E-state index < -0.39 is 0 Å². The van der Waals surface area contributed by atoms with Crippen LogP contribution in [-0.4, -0.2) is 41.1 Å². The quantitative estimate of drug-likeness (QED) is 0.793. The average molecular weight is 312 g/mol. The standard InChI is InChI=1S/C12H14BrN3O2/c1-15(2)4-5-16-11(10(13)7-14-16)12(17)9-3-6-18-8-9/h3,6-8H,4-5H2,1-2H3. The molecule has 0 spiro atoms. The third-order valence-corrected chi connectivity index (χ3v) is 3.13. The predicted molar refractivity (Wildman–Crippen MR) is 70.6 cm³/mol. The van der Waals surface area contributed by atoms with Crippen LogP contribution in [0.15, 0.2) is 33.7 Å². The molecule has 18 heavy (non-hydrogen) atoms. The van der Waals surface area contributed by atoms with Crippen molar-refractivity contribution in [2.24, 2.45) is 0 Å². The Kier molecular flexibility index (Phi) is 3.98. The SMILES string of the molecule is CN(C)CCn1ncc(Br)c1C(=O)c1ccoc1. The molecule has 6 heteroatoms.